The molecule has 0 aliphatic rings. The number of nitro groups is 1. The van der Waals surface area contributed by atoms with Gasteiger partial charge in [0.2, 0.25) is 0 Å². The van der Waals surface area contributed by atoms with E-state index in [9.17, 15) is 10.1 Å². The number of nitrogens with one attached hydrogen (secondary N) is 1. The van der Waals surface area contributed by atoms with Gasteiger partial charge in [-0.25, -0.2) is 4.98 Å². The quantitative estimate of drug-likeness (QED) is 0.665. The van der Waals surface area contributed by atoms with E-state index in [4.69, 9.17) is 11.6 Å². The lowest BCUT2D eigenvalue weighted by atomic mass is 10.2. The average Bonchev–Trinajstić information content (AvgIpc) is 2.77. The summed E-state index contributed by atoms with van der Waals surface area (Å²) in [5, 5.41) is 18.4. The molecule has 1 aromatic heterocycles. The van der Waals surface area contributed by atoms with E-state index in [0.29, 0.717) is 23.0 Å². The number of halogens is 1. The van der Waals surface area contributed by atoms with Gasteiger partial charge in [-0.3, -0.25) is 14.8 Å². The summed E-state index contributed by atoms with van der Waals surface area (Å²) in [6.07, 6.45) is 1.59. The molecule has 0 saturated carbocycles. The lowest BCUT2D eigenvalue weighted by molar-refractivity contribution is -0.385. The van der Waals surface area contributed by atoms with Crippen molar-refractivity contribution >= 4 is 17.3 Å². The van der Waals surface area contributed by atoms with Crippen molar-refractivity contribution in [2.75, 3.05) is 0 Å². The fourth-order valence-electron chi connectivity index (χ4n) is 1.66. The van der Waals surface area contributed by atoms with Crippen molar-refractivity contribution in [2.24, 2.45) is 7.05 Å². The lowest BCUT2D eigenvalue weighted by Crippen LogP contribution is -2.15. The third-order valence-electron chi connectivity index (χ3n) is 2.52. The maximum absolute atomic E-state index is 10.9. The van der Waals surface area contributed by atoms with Gasteiger partial charge in [0.1, 0.15) is 6.33 Å². The molecule has 19 heavy (non-hydrogen) atoms. The van der Waals surface area contributed by atoms with Gasteiger partial charge in [0.25, 0.3) is 5.69 Å². The Morgan fingerprint density at radius 3 is 2.89 bits per heavy atom. The molecule has 0 unspecified atom stereocenters. The second-order valence-corrected chi connectivity index (χ2v) is 4.34. The smallest absolute Gasteiger partial charge is 0.275 e. The molecule has 0 spiro atoms. The first kappa shape index (κ1) is 13.4. The number of nitrogens with zero attached hydrogens (tertiary/aromatic N) is 4. The normalized spacial score (nSPS) is 10.6. The van der Waals surface area contributed by atoms with Crippen LogP contribution in [0.25, 0.3) is 0 Å². The Hall–Kier alpha value is -1.99. The van der Waals surface area contributed by atoms with Crippen LogP contribution in [-0.4, -0.2) is 19.7 Å². The molecule has 2 rings (SSSR count). The van der Waals surface area contributed by atoms with Crippen LogP contribution in [0.3, 0.4) is 0 Å². The zero-order valence-electron chi connectivity index (χ0n) is 10.2. The predicted molar refractivity (Wildman–Crippen MR) is 69.7 cm³/mol. The molecule has 7 nitrogen and oxygen atoms in total. The molecule has 100 valence electrons. The Kier molecular flexibility index (Phi) is 4.08. The molecule has 0 saturated heterocycles. The van der Waals surface area contributed by atoms with Gasteiger partial charge in [-0.05, 0) is 6.07 Å². The maximum atomic E-state index is 10.9. The van der Waals surface area contributed by atoms with Gasteiger partial charge < -0.3 is 5.32 Å². The Balaban J connectivity index is 2.05. The summed E-state index contributed by atoms with van der Waals surface area (Å²) >= 11 is 5.98. The van der Waals surface area contributed by atoms with E-state index in [1.807, 2.05) is 0 Å². The average molecular weight is 282 g/mol. The Morgan fingerprint density at radius 2 is 2.26 bits per heavy atom. The number of nitro benzene ring substituents is 1. The van der Waals surface area contributed by atoms with Crippen LogP contribution in [0.15, 0.2) is 24.5 Å². The number of benzene rings is 1. The van der Waals surface area contributed by atoms with E-state index >= 15 is 0 Å². The molecular weight excluding hydrogens is 270 g/mol. The largest absolute Gasteiger partial charge is 0.305 e. The van der Waals surface area contributed by atoms with Crippen LogP contribution >= 0.6 is 11.6 Å². The Labute approximate surface area is 114 Å². The van der Waals surface area contributed by atoms with E-state index in [2.05, 4.69) is 15.4 Å². The van der Waals surface area contributed by atoms with E-state index < -0.39 is 4.92 Å². The monoisotopic (exact) mass is 281 g/mol. The molecule has 0 bridgehead atoms. The summed E-state index contributed by atoms with van der Waals surface area (Å²) in [5.41, 5.74) is 0.471. The summed E-state index contributed by atoms with van der Waals surface area (Å²) in [5.74, 6) is 0.622. The predicted octanol–water partition coefficient (Wildman–Crippen LogP) is 1.67. The first-order chi connectivity index (χ1) is 9.08. The van der Waals surface area contributed by atoms with E-state index in [-0.39, 0.29) is 12.2 Å². The highest BCUT2D eigenvalue weighted by Gasteiger charge is 2.16. The first-order valence-corrected chi connectivity index (χ1v) is 5.92. The molecule has 0 amide bonds. The van der Waals surface area contributed by atoms with E-state index in [0.717, 1.165) is 0 Å². The van der Waals surface area contributed by atoms with Crippen molar-refractivity contribution in [1.29, 1.82) is 0 Å². The highest BCUT2D eigenvalue weighted by molar-refractivity contribution is 6.31. The highest BCUT2D eigenvalue weighted by Crippen LogP contribution is 2.25. The fourth-order valence-corrected chi connectivity index (χ4v) is 1.89. The summed E-state index contributed by atoms with van der Waals surface area (Å²) in [4.78, 5) is 14.5. The zero-order chi connectivity index (χ0) is 13.8. The summed E-state index contributed by atoms with van der Waals surface area (Å²) in [6, 6.07) is 4.62. The van der Waals surface area contributed by atoms with Gasteiger partial charge in [-0.15, -0.1) is 0 Å². The molecular formula is C11H12ClN5O2. The number of aromatic nitrogens is 3. The van der Waals surface area contributed by atoms with E-state index in [1.165, 1.54) is 6.07 Å². The minimum Gasteiger partial charge on any atom is -0.305 e. The van der Waals surface area contributed by atoms with Crippen molar-refractivity contribution in [3.05, 3.63) is 51.1 Å². The second-order valence-electron chi connectivity index (χ2n) is 3.93. The Bertz CT molecular complexity index is 599. The molecule has 0 fully saturated rings. The van der Waals surface area contributed by atoms with Gasteiger partial charge in [0.05, 0.1) is 22.1 Å². The van der Waals surface area contributed by atoms with Crippen LogP contribution in [0.2, 0.25) is 5.02 Å². The third-order valence-corrected chi connectivity index (χ3v) is 2.88. The minimum absolute atomic E-state index is 0.00831. The van der Waals surface area contributed by atoms with Crippen LogP contribution in [0.4, 0.5) is 5.69 Å². The van der Waals surface area contributed by atoms with Crippen LogP contribution in [0, 0.1) is 10.1 Å². The van der Waals surface area contributed by atoms with Crippen molar-refractivity contribution < 1.29 is 4.92 Å². The molecule has 1 heterocycles. The number of hydrogen-bond acceptors (Lipinski definition) is 5. The molecule has 0 atom stereocenters. The Morgan fingerprint density at radius 1 is 1.47 bits per heavy atom. The topological polar surface area (TPSA) is 85.9 Å². The lowest BCUT2D eigenvalue weighted by Gasteiger charge is -2.05. The molecule has 1 aromatic carbocycles. The number of aryl methyl sites for hydroxylation is 1. The van der Waals surface area contributed by atoms with Crippen molar-refractivity contribution in [2.45, 2.75) is 13.1 Å². The van der Waals surface area contributed by atoms with Crippen LogP contribution in [-0.2, 0) is 20.1 Å². The molecule has 8 heteroatoms. The third kappa shape index (κ3) is 3.27. The van der Waals surface area contributed by atoms with E-state index in [1.54, 1.807) is 30.2 Å². The highest BCUT2D eigenvalue weighted by atomic mass is 35.5. The second kappa shape index (κ2) is 5.77. The summed E-state index contributed by atoms with van der Waals surface area (Å²) in [7, 11) is 1.77. The minimum atomic E-state index is -0.443. The molecule has 0 radical (unpaired) electrons. The number of hydrogen-bond donors (Lipinski definition) is 1. The van der Waals surface area contributed by atoms with Gasteiger partial charge in [-0.2, -0.15) is 5.10 Å². The SMILES string of the molecule is Cn1cnc(CNCc2c(Cl)cccc2[N+](=O)[O-])n1. The van der Waals surface area contributed by atoms with Crippen molar-refractivity contribution in [1.82, 2.24) is 20.1 Å². The standard InChI is InChI=1S/C11H12ClN5O2/c1-16-7-14-11(15-16)6-13-5-8-9(12)3-2-4-10(8)17(18)19/h2-4,7,13H,5-6H2,1H3. The molecule has 0 aliphatic carbocycles. The summed E-state index contributed by atoms with van der Waals surface area (Å²) in [6.45, 7) is 0.706. The van der Waals surface area contributed by atoms with Gasteiger partial charge in [-0.1, -0.05) is 17.7 Å². The van der Waals surface area contributed by atoms with Crippen LogP contribution in [0.5, 0.6) is 0 Å². The van der Waals surface area contributed by atoms with Crippen molar-refractivity contribution in [3.63, 3.8) is 0 Å². The molecule has 2 aromatic rings. The van der Waals surface area contributed by atoms with Crippen molar-refractivity contribution in [3.8, 4) is 0 Å². The van der Waals surface area contributed by atoms with Gasteiger partial charge in [0.15, 0.2) is 5.82 Å². The first-order valence-electron chi connectivity index (χ1n) is 5.55. The number of rotatable bonds is 5. The maximum Gasteiger partial charge on any atom is 0.275 e. The molecule has 0 aliphatic heterocycles. The fraction of sp³-hybridized carbons (Fsp3) is 0.273. The summed E-state index contributed by atoms with van der Waals surface area (Å²) < 4.78 is 1.59. The zero-order valence-corrected chi connectivity index (χ0v) is 11.0. The van der Waals surface area contributed by atoms with Crippen LogP contribution in [0.1, 0.15) is 11.4 Å². The molecule has 1 N–H and O–H groups in total. The van der Waals surface area contributed by atoms with Gasteiger partial charge in [0, 0.05) is 19.7 Å². The van der Waals surface area contributed by atoms with Crippen LogP contribution < -0.4 is 5.32 Å². The van der Waals surface area contributed by atoms with Gasteiger partial charge >= 0.3 is 0 Å².